The lowest BCUT2D eigenvalue weighted by atomic mass is 9.81. The number of carbonyl (C=O) groups excluding carboxylic acids is 2. The number of thiazole rings is 1. The highest BCUT2D eigenvalue weighted by Gasteiger charge is 2.35. The molecule has 0 aliphatic heterocycles. The number of hydrogen-bond donors (Lipinski definition) is 1. The largest absolute Gasteiger partial charge is 0.497 e. The molecule has 3 aromatic carbocycles. The van der Waals surface area contributed by atoms with Gasteiger partial charge in [-0.2, -0.15) is 0 Å². The molecule has 6 nitrogen and oxygen atoms in total. The van der Waals surface area contributed by atoms with Crippen LogP contribution < -0.4 is 4.74 Å². The van der Waals surface area contributed by atoms with Crippen molar-refractivity contribution in [2.45, 2.75) is 58.1 Å². The van der Waals surface area contributed by atoms with Crippen molar-refractivity contribution in [2.24, 2.45) is 17.8 Å². The third-order valence-corrected chi connectivity index (χ3v) is 9.66. The van der Waals surface area contributed by atoms with Crippen molar-refractivity contribution in [3.05, 3.63) is 117 Å². The number of amides is 1. The Balaban J connectivity index is 1.27. The Hall–Kier alpha value is -3.81. The Labute approximate surface area is 264 Å². The molecule has 1 aliphatic rings. The molecule has 1 aromatic heterocycles. The first-order chi connectivity index (χ1) is 21.3. The molecule has 44 heavy (non-hydrogen) atoms. The first-order valence-electron chi connectivity index (χ1n) is 15.4. The van der Waals surface area contributed by atoms with E-state index in [9.17, 15) is 14.7 Å². The number of ketones is 1. The number of ether oxygens (including phenoxy) is 1. The van der Waals surface area contributed by atoms with Crippen LogP contribution in [-0.2, 0) is 19.4 Å². The zero-order valence-electron chi connectivity index (χ0n) is 25.8. The number of hydrogen-bond acceptors (Lipinski definition) is 6. The number of aryl methyl sites for hydroxylation is 1. The van der Waals surface area contributed by atoms with E-state index in [1.165, 1.54) is 5.56 Å². The van der Waals surface area contributed by atoms with Gasteiger partial charge in [0.1, 0.15) is 5.75 Å². The van der Waals surface area contributed by atoms with E-state index in [4.69, 9.17) is 4.74 Å². The summed E-state index contributed by atoms with van der Waals surface area (Å²) in [6.07, 6.45) is 4.16. The number of aromatic nitrogens is 1. The van der Waals surface area contributed by atoms with Crippen LogP contribution in [0.15, 0.2) is 84.2 Å². The second kappa shape index (κ2) is 14.8. The highest BCUT2D eigenvalue weighted by Crippen LogP contribution is 2.39. The highest BCUT2D eigenvalue weighted by atomic mass is 32.1. The molecule has 230 valence electrons. The van der Waals surface area contributed by atoms with Crippen LogP contribution in [0.3, 0.4) is 0 Å². The molecule has 0 bridgehead atoms. The van der Waals surface area contributed by atoms with Gasteiger partial charge in [-0.1, -0.05) is 54.6 Å². The Morgan fingerprint density at radius 2 is 1.75 bits per heavy atom. The summed E-state index contributed by atoms with van der Waals surface area (Å²) in [6, 6.07) is 25.3. The smallest absolute Gasteiger partial charge is 0.253 e. The molecule has 0 radical (unpaired) electrons. The quantitative estimate of drug-likeness (QED) is 0.162. The molecule has 1 fully saturated rings. The maximum absolute atomic E-state index is 13.7. The number of carbonyl (C=O) groups is 2. The Bertz CT molecular complexity index is 1550. The second-order valence-electron chi connectivity index (χ2n) is 12.2. The third kappa shape index (κ3) is 8.21. The molecule has 1 amide bonds. The number of benzene rings is 3. The summed E-state index contributed by atoms with van der Waals surface area (Å²) in [7, 11) is 3.44. The van der Waals surface area contributed by atoms with Gasteiger partial charge in [0.25, 0.3) is 5.91 Å². The van der Waals surface area contributed by atoms with Crippen molar-refractivity contribution in [1.29, 1.82) is 0 Å². The van der Waals surface area contributed by atoms with Gasteiger partial charge in [-0.3, -0.25) is 9.59 Å². The Kier molecular flexibility index (Phi) is 10.6. The molecule has 5 rings (SSSR count). The summed E-state index contributed by atoms with van der Waals surface area (Å²) < 4.78 is 5.40. The Morgan fingerprint density at radius 1 is 1.00 bits per heavy atom. The molecule has 0 saturated heterocycles. The van der Waals surface area contributed by atoms with Gasteiger partial charge in [-0.25, -0.2) is 4.98 Å². The van der Waals surface area contributed by atoms with Gasteiger partial charge in [0.05, 0.1) is 30.5 Å². The standard InChI is InChI=1S/C37H42N2O4S/c1-25-38-33(24-44-25)23-39(2)37(42)31-13-8-12-29(21-31)35(40)22-32(18-26-9-5-4-6-10-26)36(41)30-16-15-28(19-30)17-27-11-7-14-34(20-27)43-3/h4-14,20-21,24,28,30,32,36,41H,15-19,22-23H2,1-3H3/t28?,30?,32-,36-/m1/s1. The molecule has 4 atom stereocenters. The molecule has 0 spiro atoms. The van der Waals surface area contributed by atoms with E-state index in [1.807, 2.05) is 42.6 Å². The SMILES string of the molecule is COc1cccc(CC2CCC([C@@H](O)[C@@H](CC(=O)c3cccc(C(=O)N(C)Cc4csc(C)n4)c3)Cc3ccccc3)C2)c1. The normalized spacial score (nSPS) is 17.6. The number of aliphatic hydroxyl groups is 1. The van der Waals surface area contributed by atoms with E-state index < -0.39 is 6.10 Å². The van der Waals surface area contributed by atoms with Crippen molar-refractivity contribution >= 4 is 23.0 Å². The van der Waals surface area contributed by atoms with Crippen LogP contribution in [0.25, 0.3) is 0 Å². The average Bonchev–Trinajstić information content (AvgIpc) is 3.69. The van der Waals surface area contributed by atoms with E-state index in [2.05, 4.69) is 29.2 Å². The van der Waals surface area contributed by atoms with Crippen molar-refractivity contribution in [3.8, 4) is 5.75 Å². The first-order valence-corrected chi connectivity index (χ1v) is 16.3. The number of methoxy groups -OCH3 is 1. The maximum atomic E-state index is 13.7. The molecule has 1 N–H and O–H groups in total. The summed E-state index contributed by atoms with van der Waals surface area (Å²) in [5.74, 6) is 1.07. The van der Waals surface area contributed by atoms with Gasteiger partial charge < -0.3 is 14.7 Å². The summed E-state index contributed by atoms with van der Waals surface area (Å²) in [6.45, 7) is 2.35. The summed E-state index contributed by atoms with van der Waals surface area (Å²) in [5.41, 5.74) is 4.19. The lowest BCUT2D eigenvalue weighted by Crippen LogP contribution is -2.31. The van der Waals surface area contributed by atoms with Crippen molar-refractivity contribution < 1.29 is 19.4 Å². The van der Waals surface area contributed by atoms with E-state index in [0.717, 1.165) is 47.7 Å². The zero-order valence-corrected chi connectivity index (χ0v) is 26.6. The lowest BCUT2D eigenvalue weighted by molar-refractivity contribution is 0.0442. The van der Waals surface area contributed by atoms with Gasteiger partial charge in [-0.15, -0.1) is 11.3 Å². The van der Waals surface area contributed by atoms with Crippen molar-refractivity contribution in [3.63, 3.8) is 0 Å². The number of rotatable bonds is 13. The van der Waals surface area contributed by atoms with Crippen LogP contribution in [-0.4, -0.2) is 46.9 Å². The minimum atomic E-state index is -0.591. The van der Waals surface area contributed by atoms with Crippen molar-refractivity contribution in [1.82, 2.24) is 9.88 Å². The fourth-order valence-corrected chi connectivity index (χ4v) is 7.16. The van der Waals surface area contributed by atoms with Crippen LogP contribution in [0, 0.1) is 24.7 Å². The second-order valence-corrected chi connectivity index (χ2v) is 13.2. The molecule has 1 aliphatic carbocycles. The summed E-state index contributed by atoms with van der Waals surface area (Å²) >= 11 is 1.56. The molecule has 2 unspecified atom stereocenters. The van der Waals surface area contributed by atoms with Crippen LogP contribution in [0.5, 0.6) is 5.75 Å². The molecular weight excluding hydrogens is 568 g/mol. The fraction of sp³-hybridized carbons (Fsp3) is 0.378. The van der Waals surface area contributed by atoms with Crippen LogP contribution in [0.4, 0.5) is 0 Å². The maximum Gasteiger partial charge on any atom is 0.253 e. The monoisotopic (exact) mass is 610 g/mol. The van der Waals surface area contributed by atoms with E-state index >= 15 is 0 Å². The number of Topliss-reactive ketones (excluding diaryl/α,β-unsaturated/α-hetero) is 1. The predicted octanol–water partition coefficient (Wildman–Crippen LogP) is 7.18. The minimum Gasteiger partial charge on any atom is -0.497 e. The molecule has 7 heteroatoms. The van der Waals surface area contributed by atoms with Gasteiger partial charge in [0, 0.05) is 30.0 Å². The van der Waals surface area contributed by atoms with Crippen LogP contribution in [0.1, 0.15) is 68.2 Å². The molecular formula is C37H42N2O4S. The highest BCUT2D eigenvalue weighted by molar-refractivity contribution is 7.09. The van der Waals surface area contributed by atoms with Crippen molar-refractivity contribution in [2.75, 3.05) is 14.2 Å². The van der Waals surface area contributed by atoms with Gasteiger partial charge in [0.2, 0.25) is 0 Å². The minimum absolute atomic E-state index is 0.0525. The first kappa shape index (κ1) is 31.6. The molecule has 1 saturated carbocycles. The third-order valence-electron chi connectivity index (χ3n) is 8.84. The van der Waals surface area contributed by atoms with Crippen LogP contribution in [0.2, 0.25) is 0 Å². The van der Waals surface area contributed by atoms with Gasteiger partial charge in [-0.05, 0) is 92.2 Å². The predicted molar refractivity (Wildman–Crippen MR) is 175 cm³/mol. The van der Waals surface area contributed by atoms with E-state index in [1.54, 1.807) is 54.7 Å². The zero-order chi connectivity index (χ0) is 31.1. The average molecular weight is 611 g/mol. The van der Waals surface area contributed by atoms with E-state index in [-0.39, 0.29) is 29.9 Å². The Morgan fingerprint density at radius 3 is 2.50 bits per heavy atom. The molecule has 4 aromatic rings. The summed E-state index contributed by atoms with van der Waals surface area (Å²) in [4.78, 5) is 33.0. The lowest BCUT2D eigenvalue weighted by Gasteiger charge is -2.28. The van der Waals surface area contributed by atoms with Crippen LogP contribution >= 0.6 is 11.3 Å². The van der Waals surface area contributed by atoms with Gasteiger partial charge in [0.15, 0.2) is 5.78 Å². The number of nitrogens with zero attached hydrogens (tertiary/aromatic N) is 2. The van der Waals surface area contributed by atoms with Gasteiger partial charge >= 0.3 is 0 Å². The molecule has 1 heterocycles. The topological polar surface area (TPSA) is 79.7 Å². The fourth-order valence-electron chi connectivity index (χ4n) is 6.56. The number of aliphatic hydroxyl groups excluding tert-OH is 1. The summed E-state index contributed by atoms with van der Waals surface area (Å²) in [5, 5.41) is 14.7. The van der Waals surface area contributed by atoms with E-state index in [0.29, 0.717) is 30.0 Å².